The van der Waals surface area contributed by atoms with Gasteiger partial charge in [-0.1, -0.05) is 86.2 Å². The Hall–Kier alpha value is -2.95. The van der Waals surface area contributed by atoms with Crippen molar-refractivity contribution in [3.63, 3.8) is 0 Å². The van der Waals surface area contributed by atoms with Crippen molar-refractivity contribution in [3.8, 4) is 0 Å². The summed E-state index contributed by atoms with van der Waals surface area (Å²) in [6, 6.07) is 14.8. The first-order valence-electron chi connectivity index (χ1n) is 17.8. The molecule has 0 bridgehead atoms. The van der Waals surface area contributed by atoms with E-state index in [2.05, 4.69) is 10.6 Å². The third kappa shape index (κ3) is 11.5. The topological polar surface area (TPSA) is 144 Å². The summed E-state index contributed by atoms with van der Waals surface area (Å²) >= 11 is 6.07. The van der Waals surface area contributed by atoms with Crippen LogP contribution in [0, 0.1) is 5.92 Å². The molecule has 2 fully saturated rings. The van der Waals surface area contributed by atoms with Crippen LogP contribution in [0.5, 0.6) is 0 Å². The summed E-state index contributed by atoms with van der Waals surface area (Å²) in [7, 11) is -2.34. The van der Waals surface area contributed by atoms with Gasteiger partial charge in [-0.3, -0.25) is 14.2 Å². The molecule has 0 aliphatic heterocycles. The average molecular weight is 734 g/mol. The third-order valence-electron chi connectivity index (χ3n) is 9.75. The van der Waals surface area contributed by atoms with Gasteiger partial charge >= 0.3 is 13.7 Å². The summed E-state index contributed by atoms with van der Waals surface area (Å²) in [5.74, 6) is -2.30. The molecule has 11 nitrogen and oxygen atoms in total. The molecule has 1 unspecified atom stereocenters. The monoisotopic (exact) mass is 733 g/mol. The van der Waals surface area contributed by atoms with E-state index in [9.17, 15) is 24.1 Å². The molecule has 4 rings (SSSR count). The fourth-order valence-electron chi connectivity index (χ4n) is 6.76. The van der Waals surface area contributed by atoms with Crippen molar-refractivity contribution in [2.75, 3.05) is 20.3 Å². The summed E-state index contributed by atoms with van der Waals surface area (Å²) < 4.78 is 30.1. The number of hydrogen-bond donors (Lipinski definition) is 3. The summed E-state index contributed by atoms with van der Waals surface area (Å²) in [5.41, 5.74) is 1.54. The molecule has 276 valence electrons. The number of amides is 3. The largest absolute Gasteiger partial charge is 0.445 e. The van der Waals surface area contributed by atoms with Gasteiger partial charge < -0.3 is 34.4 Å². The quantitative estimate of drug-likeness (QED) is 0.131. The van der Waals surface area contributed by atoms with Crippen LogP contribution in [0.4, 0.5) is 4.79 Å². The van der Waals surface area contributed by atoms with Crippen molar-refractivity contribution in [2.24, 2.45) is 5.92 Å². The molecule has 3 atom stereocenters. The van der Waals surface area contributed by atoms with Gasteiger partial charge in [0.1, 0.15) is 12.6 Å². The first kappa shape index (κ1) is 39.8. The number of likely N-dealkylation sites (N-methyl/N-ethyl adjacent to an activating group) is 1. The predicted molar refractivity (Wildman–Crippen MR) is 193 cm³/mol. The van der Waals surface area contributed by atoms with Crippen molar-refractivity contribution in [1.82, 2.24) is 15.5 Å². The zero-order valence-electron chi connectivity index (χ0n) is 29.5. The molecule has 2 aliphatic rings. The SMILES string of the molecule is CCOP(=O)(OCC)C(O)[C@H](CCC(=O)N(C)C1(Cc2ccccc2)CC1)NC(=O)[C@H](CC1CCCCC1)NC(=O)OCc1cccc(Cl)c1. The second kappa shape index (κ2) is 19.0. The maximum Gasteiger partial charge on any atom is 0.408 e. The molecular formula is C37H53ClN3O8P. The van der Waals surface area contributed by atoms with Crippen LogP contribution >= 0.6 is 19.2 Å². The molecule has 50 heavy (non-hydrogen) atoms. The smallest absolute Gasteiger partial charge is 0.408 e. The summed E-state index contributed by atoms with van der Waals surface area (Å²) in [5, 5.41) is 17.6. The number of carbonyl (C=O) groups excluding carboxylic acids is 3. The van der Waals surface area contributed by atoms with E-state index in [1.165, 1.54) is 0 Å². The van der Waals surface area contributed by atoms with Gasteiger partial charge in [0, 0.05) is 24.0 Å². The van der Waals surface area contributed by atoms with Crippen molar-refractivity contribution in [1.29, 1.82) is 0 Å². The van der Waals surface area contributed by atoms with E-state index in [1.54, 1.807) is 50.1 Å². The van der Waals surface area contributed by atoms with E-state index in [0.717, 1.165) is 56.9 Å². The highest BCUT2D eigenvalue weighted by Gasteiger charge is 2.48. The number of aliphatic hydroxyl groups excluding tert-OH is 1. The molecule has 0 saturated heterocycles. The maximum atomic E-state index is 14.0. The lowest BCUT2D eigenvalue weighted by atomic mass is 9.84. The van der Waals surface area contributed by atoms with Crippen LogP contribution in [0.2, 0.25) is 5.02 Å². The van der Waals surface area contributed by atoms with Gasteiger partial charge in [-0.15, -0.1) is 0 Å². The Morgan fingerprint density at radius 3 is 2.26 bits per heavy atom. The standard InChI is InChI=1S/C37H53ClN3O8P/c1-4-48-50(46,49-5-2)35(44)31(19-20-33(42)41(3)37(21-22-37)25-28-15-10-7-11-16-28)39-34(43)32(24-27-13-8-6-9-14-27)40-36(45)47-26-29-17-12-18-30(38)23-29/h7,10-12,15-18,23,27,31-32,35,44H,4-6,8-9,13-14,19-22,24-26H2,1-3H3,(H,39,43)(H,40,45)/t31-,32-,35?/m0/s1. The second-order valence-corrected chi connectivity index (χ2v) is 16.0. The van der Waals surface area contributed by atoms with Crippen LogP contribution in [0.15, 0.2) is 54.6 Å². The average Bonchev–Trinajstić information content (AvgIpc) is 3.89. The fourth-order valence-corrected chi connectivity index (χ4v) is 8.74. The van der Waals surface area contributed by atoms with E-state index in [4.69, 9.17) is 25.4 Å². The molecule has 3 amide bonds. The van der Waals surface area contributed by atoms with Crippen molar-refractivity contribution >= 4 is 37.1 Å². The Morgan fingerprint density at radius 2 is 1.64 bits per heavy atom. The molecule has 2 aliphatic carbocycles. The van der Waals surface area contributed by atoms with Gasteiger partial charge in [0.25, 0.3) is 0 Å². The van der Waals surface area contributed by atoms with Gasteiger partial charge in [-0.25, -0.2) is 4.79 Å². The molecule has 0 heterocycles. The minimum absolute atomic E-state index is 0.00298. The molecule has 0 radical (unpaired) electrons. The first-order valence-corrected chi connectivity index (χ1v) is 19.8. The molecule has 2 aromatic rings. The van der Waals surface area contributed by atoms with E-state index in [0.29, 0.717) is 17.0 Å². The zero-order chi connectivity index (χ0) is 36.1. The van der Waals surface area contributed by atoms with Gasteiger partial charge in [0.05, 0.1) is 19.3 Å². The Morgan fingerprint density at radius 1 is 0.980 bits per heavy atom. The summed E-state index contributed by atoms with van der Waals surface area (Å²) in [6.07, 6.45) is 7.02. The van der Waals surface area contributed by atoms with Crippen LogP contribution < -0.4 is 10.6 Å². The van der Waals surface area contributed by atoms with E-state index < -0.39 is 37.5 Å². The lowest BCUT2D eigenvalue weighted by molar-refractivity contribution is -0.133. The molecule has 0 spiro atoms. The Labute approximate surface area is 301 Å². The van der Waals surface area contributed by atoms with Crippen LogP contribution in [-0.4, -0.2) is 71.6 Å². The fraction of sp³-hybridized carbons (Fsp3) is 0.595. The first-order chi connectivity index (χ1) is 24.0. The lowest BCUT2D eigenvalue weighted by Gasteiger charge is -2.33. The molecule has 3 N–H and O–H groups in total. The van der Waals surface area contributed by atoms with E-state index >= 15 is 0 Å². The molecule has 2 aromatic carbocycles. The van der Waals surface area contributed by atoms with Gasteiger partial charge in [0.2, 0.25) is 11.8 Å². The highest BCUT2D eigenvalue weighted by atomic mass is 35.5. The van der Waals surface area contributed by atoms with Gasteiger partial charge in [-0.2, -0.15) is 0 Å². The summed E-state index contributed by atoms with van der Waals surface area (Å²) in [6.45, 7) is 3.22. The maximum absolute atomic E-state index is 14.0. The van der Waals surface area contributed by atoms with Crippen molar-refractivity contribution in [2.45, 2.75) is 115 Å². The van der Waals surface area contributed by atoms with Gasteiger partial charge in [0.15, 0.2) is 5.85 Å². The highest BCUT2D eigenvalue weighted by Crippen LogP contribution is 2.53. The molecule has 0 aromatic heterocycles. The van der Waals surface area contributed by atoms with E-state index in [1.807, 2.05) is 30.3 Å². The van der Waals surface area contributed by atoms with Crippen LogP contribution in [-0.2, 0) is 41.0 Å². The molecule has 13 heteroatoms. The minimum atomic E-state index is -4.12. The minimum Gasteiger partial charge on any atom is -0.445 e. The number of nitrogens with one attached hydrogen (secondary N) is 2. The van der Waals surface area contributed by atoms with Crippen LogP contribution in [0.25, 0.3) is 0 Å². The number of nitrogens with zero attached hydrogens (tertiary/aromatic N) is 1. The van der Waals surface area contributed by atoms with Crippen molar-refractivity contribution in [3.05, 3.63) is 70.7 Å². The zero-order valence-corrected chi connectivity index (χ0v) is 31.1. The Balaban J connectivity index is 1.49. The highest BCUT2D eigenvalue weighted by molar-refractivity contribution is 7.54. The number of halogens is 1. The number of hydrogen-bond acceptors (Lipinski definition) is 8. The number of ether oxygens (including phenoxy) is 1. The number of carbonyl (C=O) groups is 3. The lowest BCUT2D eigenvalue weighted by Crippen LogP contribution is -2.53. The number of aliphatic hydroxyl groups is 1. The number of alkyl carbamates (subject to hydrolysis) is 1. The summed E-state index contributed by atoms with van der Waals surface area (Å²) in [4.78, 5) is 42.4. The second-order valence-electron chi connectivity index (χ2n) is 13.4. The molecule has 2 saturated carbocycles. The predicted octanol–water partition coefficient (Wildman–Crippen LogP) is 6.99. The van der Waals surface area contributed by atoms with Crippen LogP contribution in [0.1, 0.15) is 89.2 Å². The Kier molecular flexibility index (Phi) is 15.2. The third-order valence-corrected chi connectivity index (χ3v) is 12.2. The van der Waals surface area contributed by atoms with Crippen molar-refractivity contribution < 1.29 is 37.8 Å². The number of rotatable bonds is 19. The molecular weight excluding hydrogens is 681 g/mol. The number of benzene rings is 2. The Bertz CT molecular complexity index is 1440. The normalized spacial score (nSPS) is 17.6. The van der Waals surface area contributed by atoms with Gasteiger partial charge in [-0.05, 0) is 75.1 Å². The van der Waals surface area contributed by atoms with Crippen LogP contribution in [0.3, 0.4) is 0 Å². The van der Waals surface area contributed by atoms with E-state index in [-0.39, 0.29) is 50.0 Å².